The molecule has 0 saturated carbocycles. The Hall–Kier alpha value is -1.53. The van der Waals surface area contributed by atoms with Crippen LogP contribution in [-0.4, -0.2) is 22.5 Å². The first-order chi connectivity index (χ1) is 9.60. The third-order valence-corrected chi connectivity index (χ3v) is 4.65. The number of benzene rings is 1. The molecule has 0 aliphatic carbocycles. The minimum Gasteiger partial charge on any atom is -0.508 e. The number of carbonyl (C=O) groups excluding carboxylic acids is 1. The third-order valence-electron chi connectivity index (χ3n) is 2.69. The van der Waals surface area contributed by atoms with Gasteiger partial charge in [0.25, 0.3) is 0 Å². The monoisotopic (exact) mass is 308 g/mol. The first kappa shape index (κ1) is 14.9. The number of aromatic hydroxyl groups is 1. The highest BCUT2D eigenvalue weighted by molar-refractivity contribution is 7.98. The second-order valence-electron chi connectivity index (χ2n) is 4.17. The van der Waals surface area contributed by atoms with Crippen LogP contribution in [0, 0.1) is 0 Å². The Balaban J connectivity index is 1.99. The van der Waals surface area contributed by atoms with Crippen molar-refractivity contribution in [1.29, 1.82) is 0 Å². The smallest absolute Gasteiger partial charge is 0.225 e. The normalized spacial score (nSPS) is 10.5. The van der Waals surface area contributed by atoms with Crippen LogP contribution in [0.15, 0.2) is 34.5 Å². The minimum absolute atomic E-state index is 0.0135. The van der Waals surface area contributed by atoms with Crippen LogP contribution >= 0.6 is 23.1 Å². The van der Waals surface area contributed by atoms with Gasteiger partial charge in [0, 0.05) is 29.5 Å². The summed E-state index contributed by atoms with van der Waals surface area (Å²) in [5.41, 5.74) is 0.961. The van der Waals surface area contributed by atoms with E-state index in [1.807, 2.05) is 24.4 Å². The molecule has 20 heavy (non-hydrogen) atoms. The molecular weight excluding hydrogens is 292 g/mol. The Morgan fingerprint density at radius 2 is 2.10 bits per heavy atom. The van der Waals surface area contributed by atoms with Crippen LogP contribution in [0.25, 0.3) is 0 Å². The van der Waals surface area contributed by atoms with Crippen molar-refractivity contribution in [3.05, 3.63) is 35.3 Å². The quantitative estimate of drug-likeness (QED) is 0.859. The minimum atomic E-state index is 0.0135. The van der Waals surface area contributed by atoms with Crippen LogP contribution in [0.2, 0.25) is 0 Å². The highest BCUT2D eigenvalue weighted by Gasteiger charge is 2.13. The summed E-state index contributed by atoms with van der Waals surface area (Å²) in [6.07, 6.45) is 0. The molecule has 0 atom stereocenters. The maximum Gasteiger partial charge on any atom is 0.225 e. The summed E-state index contributed by atoms with van der Waals surface area (Å²) in [7, 11) is 0. The molecule has 106 valence electrons. The van der Waals surface area contributed by atoms with Crippen LogP contribution in [0.1, 0.15) is 19.5 Å². The number of thioether (sulfide) groups is 1. The number of anilines is 1. The molecule has 6 heteroatoms. The molecule has 2 rings (SSSR count). The Morgan fingerprint density at radius 3 is 2.70 bits per heavy atom. The zero-order valence-electron chi connectivity index (χ0n) is 11.4. The summed E-state index contributed by atoms with van der Waals surface area (Å²) in [6, 6.07) is 7.09. The van der Waals surface area contributed by atoms with Gasteiger partial charge in [0.2, 0.25) is 5.91 Å². The lowest BCUT2D eigenvalue weighted by Gasteiger charge is -2.14. The number of carbonyl (C=O) groups is 1. The van der Waals surface area contributed by atoms with E-state index in [-0.39, 0.29) is 11.7 Å². The van der Waals surface area contributed by atoms with Crippen molar-refractivity contribution in [1.82, 2.24) is 4.98 Å². The molecule has 1 heterocycles. The number of hydrogen-bond acceptors (Lipinski definition) is 5. The molecule has 1 amide bonds. The zero-order valence-corrected chi connectivity index (χ0v) is 13.0. The number of nitrogens with zero attached hydrogens (tertiary/aromatic N) is 2. The number of amides is 1. The molecule has 0 radical (unpaired) electrons. The zero-order chi connectivity index (χ0) is 14.5. The molecule has 0 aliphatic heterocycles. The molecule has 0 bridgehead atoms. The summed E-state index contributed by atoms with van der Waals surface area (Å²) >= 11 is 3.14. The van der Waals surface area contributed by atoms with Gasteiger partial charge in [-0.3, -0.25) is 9.69 Å². The molecule has 0 saturated heterocycles. The molecule has 0 unspecified atom stereocenters. The summed E-state index contributed by atoms with van der Waals surface area (Å²) in [5, 5.41) is 12.0. The van der Waals surface area contributed by atoms with Gasteiger partial charge in [-0.15, -0.1) is 23.1 Å². The predicted molar refractivity (Wildman–Crippen MR) is 83.5 cm³/mol. The first-order valence-electron chi connectivity index (χ1n) is 6.24. The van der Waals surface area contributed by atoms with Gasteiger partial charge in [-0.05, 0) is 31.2 Å². The fourth-order valence-electron chi connectivity index (χ4n) is 1.68. The van der Waals surface area contributed by atoms with Gasteiger partial charge < -0.3 is 5.11 Å². The highest BCUT2D eigenvalue weighted by Crippen LogP contribution is 2.27. The topological polar surface area (TPSA) is 53.4 Å². The number of rotatable bonds is 5. The maximum atomic E-state index is 11.5. The fourth-order valence-corrected chi connectivity index (χ4v) is 3.51. The van der Waals surface area contributed by atoms with E-state index < -0.39 is 0 Å². The van der Waals surface area contributed by atoms with Crippen LogP contribution < -0.4 is 4.90 Å². The molecule has 1 N–H and O–H groups in total. The summed E-state index contributed by atoms with van der Waals surface area (Å²) in [4.78, 5) is 18.7. The van der Waals surface area contributed by atoms with Crippen LogP contribution in [-0.2, 0) is 10.5 Å². The van der Waals surface area contributed by atoms with Crippen LogP contribution in [0.4, 0.5) is 5.13 Å². The lowest BCUT2D eigenvalue weighted by molar-refractivity contribution is -0.116. The number of aromatic nitrogens is 1. The second kappa shape index (κ2) is 6.76. The number of hydrogen-bond donors (Lipinski definition) is 1. The first-order valence-corrected chi connectivity index (χ1v) is 8.11. The van der Waals surface area contributed by atoms with Crippen molar-refractivity contribution in [3.8, 4) is 5.75 Å². The van der Waals surface area contributed by atoms with E-state index >= 15 is 0 Å². The lowest BCUT2D eigenvalue weighted by atomic mass is 10.3. The highest BCUT2D eigenvalue weighted by atomic mass is 32.2. The van der Waals surface area contributed by atoms with E-state index in [1.165, 1.54) is 11.3 Å². The van der Waals surface area contributed by atoms with Gasteiger partial charge in [0.15, 0.2) is 5.13 Å². The molecule has 1 aromatic heterocycles. The number of thiazole rings is 1. The van der Waals surface area contributed by atoms with Crippen molar-refractivity contribution >= 4 is 34.1 Å². The van der Waals surface area contributed by atoms with Gasteiger partial charge in [-0.1, -0.05) is 0 Å². The Morgan fingerprint density at radius 1 is 1.40 bits per heavy atom. The van der Waals surface area contributed by atoms with Gasteiger partial charge >= 0.3 is 0 Å². The van der Waals surface area contributed by atoms with Gasteiger partial charge in [-0.25, -0.2) is 4.98 Å². The van der Waals surface area contributed by atoms with E-state index in [9.17, 15) is 9.90 Å². The van der Waals surface area contributed by atoms with Gasteiger partial charge in [0.05, 0.1) is 5.69 Å². The standard InChI is InChI=1S/C14H16N2O2S2/c1-3-16(10(2)17)14-15-11(9-20-14)8-19-13-6-4-12(18)5-7-13/h4-7,9,18H,3,8H2,1-2H3. The molecular formula is C14H16N2O2S2. The third kappa shape index (κ3) is 3.74. The van der Waals surface area contributed by atoms with Crippen molar-refractivity contribution in [2.75, 3.05) is 11.4 Å². The SMILES string of the molecule is CCN(C(C)=O)c1nc(CSc2ccc(O)cc2)cs1. The molecule has 4 nitrogen and oxygen atoms in total. The molecule has 0 fully saturated rings. The largest absolute Gasteiger partial charge is 0.508 e. The Kier molecular flexibility index (Phi) is 5.03. The second-order valence-corrected chi connectivity index (χ2v) is 6.05. The fraction of sp³-hybridized carbons (Fsp3) is 0.286. The van der Waals surface area contributed by atoms with Crippen LogP contribution in [0.3, 0.4) is 0 Å². The van der Waals surface area contributed by atoms with Crippen LogP contribution in [0.5, 0.6) is 5.75 Å². The van der Waals surface area contributed by atoms with Crippen molar-refractivity contribution in [2.45, 2.75) is 24.5 Å². The maximum absolute atomic E-state index is 11.5. The van der Waals surface area contributed by atoms with Gasteiger partial charge in [0.1, 0.15) is 5.75 Å². The van der Waals surface area contributed by atoms with Crippen molar-refractivity contribution in [2.24, 2.45) is 0 Å². The van der Waals surface area contributed by atoms with E-state index in [0.29, 0.717) is 6.54 Å². The molecule has 1 aromatic carbocycles. The van der Waals surface area contributed by atoms with Crippen molar-refractivity contribution < 1.29 is 9.90 Å². The summed E-state index contributed by atoms with van der Waals surface area (Å²) < 4.78 is 0. The average molecular weight is 308 g/mol. The Bertz CT molecular complexity index is 581. The summed E-state index contributed by atoms with van der Waals surface area (Å²) in [5.74, 6) is 1.03. The number of phenols is 1. The molecule has 0 spiro atoms. The summed E-state index contributed by atoms with van der Waals surface area (Å²) in [6.45, 7) is 4.12. The van der Waals surface area contributed by atoms with Crippen molar-refractivity contribution in [3.63, 3.8) is 0 Å². The van der Waals surface area contributed by atoms with E-state index in [2.05, 4.69) is 4.98 Å². The lowest BCUT2D eigenvalue weighted by Crippen LogP contribution is -2.27. The number of phenolic OH excluding ortho intramolecular Hbond substituents is 1. The van der Waals surface area contributed by atoms with Gasteiger partial charge in [-0.2, -0.15) is 0 Å². The van der Waals surface area contributed by atoms with E-state index in [1.54, 1.807) is 35.7 Å². The molecule has 0 aliphatic rings. The predicted octanol–water partition coefficient (Wildman–Crippen LogP) is 3.51. The molecule has 2 aromatic rings. The average Bonchev–Trinajstić information content (AvgIpc) is 2.87. The van der Waals surface area contributed by atoms with E-state index in [0.717, 1.165) is 21.5 Å². The van der Waals surface area contributed by atoms with E-state index in [4.69, 9.17) is 0 Å². The Labute approximate surface area is 126 Å².